The molecule has 0 spiro atoms. The Hall–Kier alpha value is -0.610. The van der Waals surface area contributed by atoms with Crippen molar-refractivity contribution in [3.8, 4) is 0 Å². The average Bonchev–Trinajstić information content (AvgIpc) is 2.21. The quantitative estimate of drug-likeness (QED) is 0.444. The van der Waals surface area contributed by atoms with Crippen LogP contribution < -0.4 is 0 Å². The summed E-state index contributed by atoms with van der Waals surface area (Å²) in [6.07, 6.45) is 3.48. The van der Waals surface area contributed by atoms with Gasteiger partial charge in [-0.05, 0) is 12.8 Å². The van der Waals surface area contributed by atoms with Gasteiger partial charge in [-0.2, -0.15) is 0 Å². The van der Waals surface area contributed by atoms with Crippen molar-refractivity contribution in [2.75, 3.05) is 27.4 Å². The summed E-state index contributed by atoms with van der Waals surface area (Å²) in [6, 6.07) is 0. The fourth-order valence-electron chi connectivity index (χ4n) is 0.933. The standard InChI is InChI=1S/C10H21NO3/c1-4-5-8-14-9-6-7-10(12)11(2)13-3/h4-9H2,1-3H3. The number of nitrogens with zero attached hydrogens (tertiary/aromatic N) is 1. The summed E-state index contributed by atoms with van der Waals surface area (Å²) in [6.45, 7) is 3.58. The van der Waals surface area contributed by atoms with E-state index in [-0.39, 0.29) is 5.91 Å². The predicted octanol–water partition coefficient (Wildman–Crippen LogP) is 1.60. The number of hydrogen-bond acceptors (Lipinski definition) is 3. The third kappa shape index (κ3) is 6.86. The molecule has 4 nitrogen and oxygen atoms in total. The van der Waals surface area contributed by atoms with Gasteiger partial charge in [0.2, 0.25) is 5.91 Å². The number of hydroxylamine groups is 2. The maximum atomic E-state index is 11.2. The third-order valence-electron chi connectivity index (χ3n) is 1.95. The summed E-state index contributed by atoms with van der Waals surface area (Å²) in [4.78, 5) is 16.0. The summed E-state index contributed by atoms with van der Waals surface area (Å²) < 4.78 is 5.33. The first-order valence-corrected chi connectivity index (χ1v) is 5.10. The van der Waals surface area contributed by atoms with Gasteiger partial charge in [0.05, 0.1) is 7.11 Å². The minimum absolute atomic E-state index is 0.00779. The first kappa shape index (κ1) is 13.4. The Morgan fingerprint density at radius 2 is 1.93 bits per heavy atom. The highest BCUT2D eigenvalue weighted by Gasteiger charge is 2.06. The first-order chi connectivity index (χ1) is 6.72. The van der Waals surface area contributed by atoms with Crippen LogP contribution in [0.3, 0.4) is 0 Å². The molecule has 4 heteroatoms. The Bertz CT molecular complexity index is 150. The molecule has 0 bridgehead atoms. The second-order valence-electron chi connectivity index (χ2n) is 3.14. The highest BCUT2D eigenvalue weighted by atomic mass is 16.7. The van der Waals surface area contributed by atoms with Gasteiger partial charge in [0.1, 0.15) is 0 Å². The highest BCUT2D eigenvalue weighted by molar-refractivity contribution is 5.74. The van der Waals surface area contributed by atoms with Crippen LogP contribution in [0.15, 0.2) is 0 Å². The zero-order chi connectivity index (χ0) is 10.8. The van der Waals surface area contributed by atoms with Crippen molar-refractivity contribution in [3.63, 3.8) is 0 Å². The van der Waals surface area contributed by atoms with E-state index in [1.54, 1.807) is 7.05 Å². The van der Waals surface area contributed by atoms with Crippen molar-refractivity contribution < 1.29 is 14.4 Å². The fraction of sp³-hybridized carbons (Fsp3) is 0.900. The lowest BCUT2D eigenvalue weighted by Crippen LogP contribution is -2.25. The van der Waals surface area contributed by atoms with Crippen LogP contribution in [0.4, 0.5) is 0 Å². The molecule has 0 aliphatic rings. The fourth-order valence-corrected chi connectivity index (χ4v) is 0.933. The first-order valence-electron chi connectivity index (χ1n) is 5.10. The Labute approximate surface area is 86.1 Å². The molecule has 0 atom stereocenters. The van der Waals surface area contributed by atoms with E-state index in [4.69, 9.17) is 9.57 Å². The zero-order valence-electron chi connectivity index (χ0n) is 9.41. The summed E-state index contributed by atoms with van der Waals surface area (Å²) >= 11 is 0. The van der Waals surface area contributed by atoms with Gasteiger partial charge >= 0.3 is 0 Å². The number of carbonyl (C=O) groups excluding carboxylic acids is 1. The van der Waals surface area contributed by atoms with Crippen molar-refractivity contribution in [1.82, 2.24) is 5.06 Å². The van der Waals surface area contributed by atoms with Crippen LogP contribution in [0.1, 0.15) is 32.6 Å². The van der Waals surface area contributed by atoms with Gasteiger partial charge in [0, 0.05) is 26.7 Å². The van der Waals surface area contributed by atoms with Gasteiger partial charge in [-0.3, -0.25) is 9.63 Å². The molecule has 0 heterocycles. The molecule has 84 valence electrons. The lowest BCUT2D eigenvalue weighted by molar-refractivity contribution is -0.168. The Morgan fingerprint density at radius 1 is 1.29 bits per heavy atom. The van der Waals surface area contributed by atoms with Crippen LogP contribution in [0.2, 0.25) is 0 Å². The van der Waals surface area contributed by atoms with E-state index in [1.807, 2.05) is 0 Å². The van der Waals surface area contributed by atoms with Crippen LogP contribution in [0.25, 0.3) is 0 Å². The molecule has 0 aliphatic heterocycles. The molecular formula is C10H21NO3. The van der Waals surface area contributed by atoms with Crippen LogP contribution in [-0.2, 0) is 14.4 Å². The van der Waals surface area contributed by atoms with Crippen LogP contribution in [-0.4, -0.2) is 38.3 Å². The summed E-state index contributed by atoms with van der Waals surface area (Å²) in [5.41, 5.74) is 0. The van der Waals surface area contributed by atoms with E-state index in [0.717, 1.165) is 25.9 Å². The maximum absolute atomic E-state index is 11.2. The lowest BCUT2D eigenvalue weighted by atomic mass is 10.3. The van der Waals surface area contributed by atoms with E-state index in [0.29, 0.717) is 13.0 Å². The monoisotopic (exact) mass is 203 g/mol. The molecule has 0 saturated heterocycles. The number of ether oxygens (including phenoxy) is 1. The van der Waals surface area contributed by atoms with E-state index < -0.39 is 0 Å². The van der Waals surface area contributed by atoms with E-state index in [1.165, 1.54) is 12.2 Å². The number of amides is 1. The van der Waals surface area contributed by atoms with Crippen LogP contribution in [0.5, 0.6) is 0 Å². The molecule has 0 saturated carbocycles. The van der Waals surface area contributed by atoms with Crippen molar-refractivity contribution in [3.05, 3.63) is 0 Å². The lowest BCUT2D eigenvalue weighted by Gasteiger charge is -2.13. The van der Waals surface area contributed by atoms with Gasteiger partial charge < -0.3 is 4.74 Å². The molecular weight excluding hydrogens is 182 g/mol. The predicted molar refractivity (Wildman–Crippen MR) is 54.7 cm³/mol. The molecule has 0 aromatic rings. The number of carbonyl (C=O) groups is 1. The normalized spacial score (nSPS) is 10.2. The maximum Gasteiger partial charge on any atom is 0.245 e. The molecule has 0 radical (unpaired) electrons. The van der Waals surface area contributed by atoms with E-state index >= 15 is 0 Å². The second-order valence-corrected chi connectivity index (χ2v) is 3.14. The van der Waals surface area contributed by atoms with Crippen LogP contribution in [0, 0.1) is 0 Å². The smallest absolute Gasteiger partial charge is 0.245 e. The Kier molecular flexibility index (Phi) is 8.57. The van der Waals surface area contributed by atoms with E-state index in [9.17, 15) is 4.79 Å². The third-order valence-corrected chi connectivity index (χ3v) is 1.95. The van der Waals surface area contributed by atoms with Crippen molar-refractivity contribution in [2.45, 2.75) is 32.6 Å². The minimum atomic E-state index is -0.00779. The molecule has 0 aromatic heterocycles. The second kappa shape index (κ2) is 8.97. The molecule has 1 amide bonds. The van der Waals surface area contributed by atoms with Gasteiger partial charge in [0.15, 0.2) is 0 Å². The van der Waals surface area contributed by atoms with Crippen molar-refractivity contribution in [1.29, 1.82) is 0 Å². The molecule has 0 aromatic carbocycles. The molecule has 14 heavy (non-hydrogen) atoms. The van der Waals surface area contributed by atoms with Gasteiger partial charge in [-0.15, -0.1) is 0 Å². The van der Waals surface area contributed by atoms with Crippen LogP contribution >= 0.6 is 0 Å². The molecule has 0 aliphatic carbocycles. The summed E-state index contributed by atoms with van der Waals surface area (Å²) in [5.74, 6) is -0.00779. The Morgan fingerprint density at radius 3 is 2.50 bits per heavy atom. The topological polar surface area (TPSA) is 38.8 Å². The number of rotatable bonds is 8. The molecule has 0 unspecified atom stereocenters. The molecule has 0 rings (SSSR count). The van der Waals surface area contributed by atoms with Crippen molar-refractivity contribution >= 4 is 5.91 Å². The summed E-state index contributed by atoms with van der Waals surface area (Å²) in [7, 11) is 3.09. The molecule has 0 N–H and O–H groups in total. The van der Waals surface area contributed by atoms with Gasteiger partial charge in [-0.1, -0.05) is 13.3 Å². The Balaban J connectivity index is 3.23. The minimum Gasteiger partial charge on any atom is -0.381 e. The SMILES string of the molecule is CCCCOCCCC(=O)N(C)OC. The van der Waals surface area contributed by atoms with Gasteiger partial charge in [-0.25, -0.2) is 5.06 Å². The highest BCUT2D eigenvalue weighted by Crippen LogP contribution is 1.97. The average molecular weight is 203 g/mol. The number of hydrogen-bond donors (Lipinski definition) is 0. The van der Waals surface area contributed by atoms with Gasteiger partial charge in [0.25, 0.3) is 0 Å². The molecule has 0 fully saturated rings. The van der Waals surface area contributed by atoms with E-state index in [2.05, 4.69) is 6.92 Å². The summed E-state index contributed by atoms with van der Waals surface area (Å²) in [5, 5.41) is 1.24. The largest absolute Gasteiger partial charge is 0.381 e. The number of unbranched alkanes of at least 4 members (excludes halogenated alkanes) is 1. The van der Waals surface area contributed by atoms with Crippen molar-refractivity contribution in [2.24, 2.45) is 0 Å². The zero-order valence-corrected chi connectivity index (χ0v) is 9.41.